The Balaban J connectivity index is 1.66. The van der Waals surface area contributed by atoms with E-state index >= 15 is 0 Å². The molecule has 0 aliphatic carbocycles. The van der Waals surface area contributed by atoms with Crippen molar-refractivity contribution in [1.29, 1.82) is 0 Å². The second kappa shape index (κ2) is 8.85. The van der Waals surface area contributed by atoms with Gasteiger partial charge in [-0.3, -0.25) is 24.8 Å². The summed E-state index contributed by atoms with van der Waals surface area (Å²) in [5.41, 5.74) is 3.22. The number of carbonyl (C=O) groups excluding carboxylic acids is 1. The van der Waals surface area contributed by atoms with Gasteiger partial charge in [0, 0.05) is 24.4 Å². The van der Waals surface area contributed by atoms with Gasteiger partial charge in [-0.2, -0.15) is 0 Å². The number of hydrogen-bond donors (Lipinski definition) is 0. The molecule has 0 N–H and O–H groups in total. The number of thiazole rings is 1. The van der Waals surface area contributed by atoms with E-state index in [1.165, 1.54) is 29.5 Å². The normalized spacial score (nSPS) is 11.1. The van der Waals surface area contributed by atoms with Gasteiger partial charge in [-0.1, -0.05) is 35.6 Å². The highest BCUT2D eigenvalue weighted by atomic mass is 32.1. The van der Waals surface area contributed by atoms with Gasteiger partial charge in [0.25, 0.3) is 11.6 Å². The van der Waals surface area contributed by atoms with Crippen LogP contribution in [0.3, 0.4) is 0 Å². The summed E-state index contributed by atoms with van der Waals surface area (Å²) in [5.74, 6) is -0.284. The Kier molecular flexibility index (Phi) is 5.81. The summed E-state index contributed by atoms with van der Waals surface area (Å²) in [6, 6.07) is 17.6. The number of anilines is 1. The first-order valence-electron chi connectivity index (χ1n) is 9.51. The highest BCUT2D eigenvalue weighted by Gasteiger charge is 2.19. The number of aryl methyl sites for hydroxylation is 1. The Morgan fingerprint density at radius 1 is 1.16 bits per heavy atom. The molecule has 0 spiro atoms. The van der Waals surface area contributed by atoms with Crippen molar-refractivity contribution in [3.05, 3.63) is 99.9 Å². The minimum atomic E-state index is -0.463. The summed E-state index contributed by atoms with van der Waals surface area (Å²) in [7, 11) is 0. The predicted molar refractivity (Wildman–Crippen MR) is 122 cm³/mol. The maximum atomic E-state index is 13.1. The van der Waals surface area contributed by atoms with Crippen molar-refractivity contribution < 1.29 is 9.72 Å². The molecule has 0 unspecified atom stereocenters. The molecule has 2 heterocycles. The van der Waals surface area contributed by atoms with Crippen molar-refractivity contribution in [1.82, 2.24) is 9.97 Å². The lowest BCUT2D eigenvalue weighted by Crippen LogP contribution is -2.29. The largest absolute Gasteiger partial charge is 0.278 e. The first kappa shape index (κ1) is 20.4. The van der Waals surface area contributed by atoms with Gasteiger partial charge in [0.1, 0.15) is 0 Å². The number of nitro benzene ring substituents is 1. The number of benzene rings is 2. The van der Waals surface area contributed by atoms with Crippen LogP contribution in [0.1, 0.15) is 16.8 Å². The van der Waals surface area contributed by atoms with E-state index in [1.807, 2.05) is 43.3 Å². The molecule has 0 aliphatic rings. The summed E-state index contributed by atoms with van der Waals surface area (Å²) in [4.78, 5) is 34.2. The number of aromatic nitrogens is 2. The third-order valence-corrected chi connectivity index (χ3v) is 5.62. The highest BCUT2D eigenvalue weighted by molar-refractivity contribution is 7.22. The molecule has 154 valence electrons. The molecular formula is C23H18N4O3S. The van der Waals surface area contributed by atoms with E-state index in [4.69, 9.17) is 0 Å². The molecule has 7 nitrogen and oxygen atoms in total. The lowest BCUT2D eigenvalue weighted by Gasteiger charge is -2.17. The smallest absolute Gasteiger partial charge is 0.270 e. The van der Waals surface area contributed by atoms with Crippen LogP contribution in [0.25, 0.3) is 16.3 Å². The van der Waals surface area contributed by atoms with Crippen LogP contribution in [-0.4, -0.2) is 20.8 Å². The van der Waals surface area contributed by atoms with E-state index in [-0.39, 0.29) is 18.1 Å². The molecule has 1 amide bonds. The molecule has 31 heavy (non-hydrogen) atoms. The Morgan fingerprint density at radius 2 is 2.03 bits per heavy atom. The highest BCUT2D eigenvalue weighted by Crippen LogP contribution is 2.30. The molecule has 2 aromatic carbocycles. The topological polar surface area (TPSA) is 89.2 Å². The summed E-state index contributed by atoms with van der Waals surface area (Å²) in [6.07, 6.45) is 4.65. The summed E-state index contributed by atoms with van der Waals surface area (Å²) in [5, 5.41) is 11.6. The zero-order valence-corrected chi connectivity index (χ0v) is 17.5. The van der Waals surface area contributed by atoms with Crippen LogP contribution in [-0.2, 0) is 11.3 Å². The molecule has 2 aromatic heterocycles. The van der Waals surface area contributed by atoms with E-state index in [9.17, 15) is 14.9 Å². The number of amides is 1. The fraction of sp³-hybridized carbons (Fsp3) is 0.0870. The second-order valence-corrected chi connectivity index (χ2v) is 7.91. The van der Waals surface area contributed by atoms with E-state index in [0.29, 0.717) is 10.7 Å². The fourth-order valence-corrected chi connectivity index (χ4v) is 4.10. The zero-order valence-electron chi connectivity index (χ0n) is 16.6. The molecule has 0 saturated carbocycles. The van der Waals surface area contributed by atoms with Crippen LogP contribution < -0.4 is 4.90 Å². The van der Waals surface area contributed by atoms with Gasteiger partial charge in [-0.05, 0) is 48.4 Å². The van der Waals surface area contributed by atoms with Crippen molar-refractivity contribution in [2.45, 2.75) is 13.5 Å². The first-order chi connectivity index (χ1) is 15.0. The van der Waals surface area contributed by atoms with Crippen LogP contribution in [0.2, 0.25) is 0 Å². The molecule has 0 bridgehead atoms. The molecule has 8 heteroatoms. The lowest BCUT2D eigenvalue weighted by molar-refractivity contribution is -0.384. The quantitative estimate of drug-likeness (QED) is 0.240. The lowest BCUT2D eigenvalue weighted by atomic mass is 10.2. The van der Waals surface area contributed by atoms with Crippen LogP contribution in [0.4, 0.5) is 10.8 Å². The summed E-state index contributed by atoms with van der Waals surface area (Å²) >= 11 is 1.44. The van der Waals surface area contributed by atoms with Gasteiger partial charge in [0.15, 0.2) is 5.13 Å². The minimum Gasteiger partial charge on any atom is -0.278 e. The first-order valence-corrected chi connectivity index (χ1v) is 10.3. The van der Waals surface area contributed by atoms with Crippen molar-refractivity contribution >= 4 is 44.4 Å². The van der Waals surface area contributed by atoms with Crippen LogP contribution in [0, 0.1) is 17.0 Å². The molecule has 0 radical (unpaired) electrons. The Morgan fingerprint density at radius 3 is 2.81 bits per heavy atom. The van der Waals surface area contributed by atoms with Crippen molar-refractivity contribution in [3.63, 3.8) is 0 Å². The standard InChI is InChI=1S/C23H18N4O3S/c1-16-8-10-20-21(13-16)31-23(25-20)26(15-18-6-2-3-12-24-18)22(28)11-9-17-5-4-7-19(14-17)27(29)30/h2-14H,15H2,1H3/b11-9+. The third-order valence-electron chi connectivity index (χ3n) is 4.58. The van der Waals surface area contributed by atoms with Crippen molar-refractivity contribution in [3.8, 4) is 0 Å². The van der Waals surface area contributed by atoms with Gasteiger partial charge in [0.2, 0.25) is 0 Å². The maximum absolute atomic E-state index is 13.1. The zero-order chi connectivity index (χ0) is 21.8. The molecule has 0 saturated heterocycles. The molecule has 4 aromatic rings. The second-order valence-electron chi connectivity index (χ2n) is 6.90. The third kappa shape index (κ3) is 4.81. The predicted octanol–water partition coefficient (Wildman–Crippen LogP) is 5.15. The fourth-order valence-electron chi connectivity index (χ4n) is 3.03. The molecule has 4 rings (SSSR count). The van der Waals surface area contributed by atoms with E-state index < -0.39 is 4.92 Å². The Bertz CT molecular complexity index is 1280. The number of non-ortho nitro benzene ring substituents is 1. The van der Waals surface area contributed by atoms with Crippen LogP contribution in [0.15, 0.2) is 72.9 Å². The number of fused-ring (bicyclic) bond motifs is 1. The number of nitrogens with zero attached hydrogens (tertiary/aromatic N) is 4. The van der Waals surface area contributed by atoms with Gasteiger partial charge in [-0.15, -0.1) is 0 Å². The van der Waals surface area contributed by atoms with E-state index in [0.717, 1.165) is 21.5 Å². The molecule has 0 fully saturated rings. The number of pyridine rings is 1. The molecular weight excluding hydrogens is 412 g/mol. The average Bonchev–Trinajstić information content (AvgIpc) is 3.19. The average molecular weight is 430 g/mol. The monoisotopic (exact) mass is 430 g/mol. The maximum Gasteiger partial charge on any atom is 0.270 e. The van der Waals surface area contributed by atoms with E-state index in [2.05, 4.69) is 9.97 Å². The number of carbonyl (C=O) groups is 1. The van der Waals surface area contributed by atoms with Crippen molar-refractivity contribution in [2.24, 2.45) is 0 Å². The number of hydrogen-bond acceptors (Lipinski definition) is 6. The molecule has 0 aliphatic heterocycles. The summed E-state index contributed by atoms with van der Waals surface area (Å²) < 4.78 is 0.997. The minimum absolute atomic E-state index is 0.0264. The summed E-state index contributed by atoms with van der Waals surface area (Å²) in [6.45, 7) is 2.27. The van der Waals surface area contributed by atoms with E-state index in [1.54, 1.807) is 29.3 Å². The Hall–Kier alpha value is -3.91. The van der Waals surface area contributed by atoms with Gasteiger partial charge in [0.05, 0.1) is 27.4 Å². The number of rotatable bonds is 6. The molecule has 0 atom stereocenters. The van der Waals surface area contributed by atoms with Gasteiger partial charge < -0.3 is 0 Å². The van der Waals surface area contributed by atoms with Gasteiger partial charge in [-0.25, -0.2) is 4.98 Å². The SMILES string of the molecule is Cc1ccc2nc(N(Cc3ccccn3)C(=O)/C=C/c3cccc([N+](=O)[O-])c3)sc2c1. The van der Waals surface area contributed by atoms with Crippen LogP contribution in [0.5, 0.6) is 0 Å². The Labute approximate surface area is 182 Å². The number of nitro groups is 1. The van der Waals surface area contributed by atoms with Crippen molar-refractivity contribution in [2.75, 3.05) is 4.90 Å². The van der Waals surface area contributed by atoms with Gasteiger partial charge >= 0.3 is 0 Å². The van der Waals surface area contributed by atoms with Crippen LogP contribution >= 0.6 is 11.3 Å².